The second kappa shape index (κ2) is 6.70. The lowest BCUT2D eigenvalue weighted by molar-refractivity contribution is 0.204. The highest BCUT2D eigenvalue weighted by atomic mass is 79.9. The highest BCUT2D eigenvalue weighted by molar-refractivity contribution is 9.10. The van der Waals surface area contributed by atoms with Crippen molar-refractivity contribution in [3.63, 3.8) is 0 Å². The zero-order valence-corrected chi connectivity index (χ0v) is 12.3. The summed E-state index contributed by atoms with van der Waals surface area (Å²) in [6, 6.07) is 2.91. The van der Waals surface area contributed by atoms with E-state index in [1.54, 1.807) is 6.07 Å². The van der Waals surface area contributed by atoms with Gasteiger partial charge in [-0.2, -0.15) is 0 Å². The number of aliphatic hydroxyl groups is 1. The van der Waals surface area contributed by atoms with Gasteiger partial charge in [0.25, 0.3) is 0 Å². The Hall–Kier alpha value is -1.14. The number of nitrogens with one attached hydrogen (secondary N) is 2. The van der Waals surface area contributed by atoms with Gasteiger partial charge in [-0.1, -0.05) is 13.8 Å². The van der Waals surface area contributed by atoms with Crippen molar-refractivity contribution in [1.29, 1.82) is 0 Å². The highest BCUT2D eigenvalue weighted by Gasteiger charge is 2.15. The molecule has 1 atom stereocenters. The van der Waals surface area contributed by atoms with Crippen LogP contribution in [0.4, 0.5) is 10.6 Å². The minimum absolute atomic E-state index is 0.0854. The van der Waals surface area contributed by atoms with Crippen LogP contribution in [-0.4, -0.2) is 28.8 Å². The molecule has 0 spiro atoms. The van der Waals surface area contributed by atoms with Crippen molar-refractivity contribution in [2.75, 3.05) is 11.9 Å². The Bertz CT molecular complexity index is 424. The molecular formula is C12H18BrN3O2. The first-order chi connectivity index (χ1) is 8.43. The average Bonchev–Trinajstić information content (AvgIpc) is 2.30. The number of hydrogen-bond donors (Lipinski definition) is 3. The predicted octanol–water partition coefficient (Wildman–Crippen LogP) is 2.29. The van der Waals surface area contributed by atoms with Gasteiger partial charge >= 0.3 is 6.03 Å². The van der Waals surface area contributed by atoms with Gasteiger partial charge in [0.05, 0.1) is 18.3 Å². The second-order valence-corrected chi connectivity index (χ2v) is 5.25. The summed E-state index contributed by atoms with van der Waals surface area (Å²) in [7, 11) is 0. The number of urea groups is 1. The standard InChI is InChI=1S/C12H18BrN3O2/c1-7(2)10(6-17)15-12(18)16-11-5-4-9(13)8(3)14-11/h4-5,7,10,17H,6H2,1-3H3,(H2,14,15,16,18)/t10-/m1/s1. The van der Waals surface area contributed by atoms with Crippen LogP contribution in [0.5, 0.6) is 0 Å². The van der Waals surface area contributed by atoms with E-state index in [9.17, 15) is 4.79 Å². The fraction of sp³-hybridized carbons (Fsp3) is 0.500. The smallest absolute Gasteiger partial charge is 0.320 e. The summed E-state index contributed by atoms with van der Waals surface area (Å²) in [5, 5.41) is 14.5. The predicted molar refractivity (Wildman–Crippen MR) is 74.5 cm³/mol. The Balaban J connectivity index is 2.61. The molecule has 3 N–H and O–H groups in total. The number of amides is 2. The van der Waals surface area contributed by atoms with E-state index in [0.29, 0.717) is 5.82 Å². The molecule has 1 heterocycles. The molecule has 0 fully saturated rings. The largest absolute Gasteiger partial charge is 0.394 e. The van der Waals surface area contributed by atoms with Crippen LogP contribution in [0.2, 0.25) is 0 Å². The Kier molecular flexibility index (Phi) is 5.55. The quantitative estimate of drug-likeness (QED) is 0.798. The minimum atomic E-state index is -0.364. The first-order valence-corrected chi connectivity index (χ1v) is 6.55. The molecule has 100 valence electrons. The summed E-state index contributed by atoms with van der Waals surface area (Å²) in [6.45, 7) is 5.63. The van der Waals surface area contributed by atoms with E-state index in [1.165, 1.54) is 0 Å². The molecule has 0 aliphatic carbocycles. The lowest BCUT2D eigenvalue weighted by Gasteiger charge is -2.20. The van der Waals surface area contributed by atoms with Gasteiger partial charge < -0.3 is 10.4 Å². The van der Waals surface area contributed by atoms with E-state index in [-0.39, 0.29) is 24.6 Å². The van der Waals surface area contributed by atoms with Gasteiger partial charge in [-0.3, -0.25) is 5.32 Å². The lowest BCUT2D eigenvalue weighted by atomic mass is 10.1. The van der Waals surface area contributed by atoms with Crippen LogP contribution in [-0.2, 0) is 0 Å². The number of aryl methyl sites for hydroxylation is 1. The molecule has 0 unspecified atom stereocenters. The normalized spacial score (nSPS) is 12.3. The second-order valence-electron chi connectivity index (χ2n) is 4.40. The molecule has 1 rings (SSSR count). The van der Waals surface area contributed by atoms with Gasteiger partial charge in [0.2, 0.25) is 0 Å². The molecule has 0 saturated carbocycles. The van der Waals surface area contributed by atoms with Crippen LogP contribution >= 0.6 is 15.9 Å². The SMILES string of the molecule is Cc1nc(NC(=O)N[C@H](CO)C(C)C)ccc1Br. The molecule has 1 aromatic heterocycles. The summed E-state index contributed by atoms with van der Waals surface area (Å²) in [5.41, 5.74) is 0.801. The van der Waals surface area contributed by atoms with Crippen LogP contribution in [0.15, 0.2) is 16.6 Å². The first-order valence-electron chi connectivity index (χ1n) is 5.75. The summed E-state index contributed by atoms with van der Waals surface area (Å²) in [6.07, 6.45) is 0. The number of aromatic nitrogens is 1. The molecule has 0 bridgehead atoms. The average molecular weight is 316 g/mol. The summed E-state index contributed by atoms with van der Waals surface area (Å²) in [5.74, 6) is 0.647. The van der Waals surface area contributed by atoms with Gasteiger partial charge in [-0.15, -0.1) is 0 Å². The van der Waals surface area contributed by atoms with E-state index < -0.39 is 0 Å². The third kappa shape index (κ3) is 4.27. The molecule has 0 aromatic carbocycles. The Morgan fingerprint density at radius 1 is 1.50 bits per heavy atom. The highest BCUT2D eigenvalue weighted by Crippen LogP contribution is 2.16. The van der Waals surface area contributed by atoms with Crippen LogP contribution in [0.1, 0.15) is 19.5 Å². The van der Waals surface area contributed by atoms with Crippen molar-refractivity contribution in [3.8, 4) is 0 Å². The Labute approximate surface area is 115 Å². The van der Waals surface area contributed by atoms with E-state index in [1.807, 2.05) is 26.8 Å². The number of halogens is 1. The maximum absolute atomic E-state index is 11.7. The van der Waals surface area contributed by atoms with Crippen LogP contribution in [0, 0.1) is 12.8 Å². The molecule has 0 aliphatic rings. The van der Waals surface area contributed by atoms with Gasteiger partial charge in [0, 0.05) is 4.47 Å². The number of nitrogens with zero attached hydrogens (tertiary/aromatic N) is 1. The summed E-state index contributed by atoms with van der Waals surface area (Å²) >= 11 is 3.34. The third-order valence-electron chi connectivity index (χ3n) is 2.58. The zero-order valence-electron chi connectivity index (χ0n) is 10.7. The van der Waals surface area contributed by atoms with Crippen molar-refractivity contribution < 1.29 is 9.90 Å². The lowest BCUT2D eigenvalue weighted by Crippen LogP contribution is -2.43. The van der Waals surface area contributed by atoms with Crippen LogP contribution in [0.3, 0.4) is 0 Å². The number of pyridine rings is 1. The number of rotatable bonds is 4. The van der Waals surface area contributed by atoms with Crippen molar-refractivity contribution in [1.82, 2.24) is 10.3 Å². The van der Waals surface area contributed by atoms with E-state index >= 15 is 0 Å². The zero-order chi connectivity index (χ0) is 13.7. The third-order valence-corrected chi connectivity index (χ3v) is 3.42. The molecule has 18 heavy (non-hydrogen) atoms. The molecular weight excluding hydrogens is 298 g/mol. The molecule has 0 aliphatic heterocycles. The van der Waals surface area contributed by atoms with Gasteiger partial charge in [0.1, 0.15) is 5.82 Å². The Morgan fingerprint density at radius 2 is 2.17 bits per heavy atom. The molecule has 1 aromatic rings. The maximum atomic E-state index is 11.7. The topological polar surface area (TPSA) is 74.2 Å². The van der Waals surface area contributed by atoms with Gasteiger partial charge in [-0.25, -0.2) is 9.78 Å². The van der Waals surface area contributed by atoms with Crippen LogP contribution in [0.25, 0.3) is 0 Å². The summed E-state index contributed by atoms with van der Waals surface area (Å²) in [4.78, 5) is 15.9. The number of aliphatic hydroxyl groups excluding tert-OH is 1. The number of carbonyl (C=O) groups excluding carboxylic acids is 1. The molecule has 0 saturated heterocycles. The van der Waals surface area contributed by atoms with Crippen LogP contribution < -0.4 is 10.6 Å². The molecule has 5 nitrogen and oxygen atoms in total. The fourth-order valence-electron chi connectivity index (χ4n) is 1.36. The summed E-state index contributed by atoms with van der Waals surface area (Å²) < 4.78 is 0.892. The number of hydrogen-bond acceptors (Lipinski definition) is 3. The minimum Gasteiger partial charge on any atom is -0.394 e. The van der Waals surface area contributed by atoms with Crippen molar-refractivity contribution >= 4 is 27.8 Å². The van der Waals surface area contributed by atoms with E-state index in [4.69, 9.17) is 5.11 Å². The van der Waals surface area contributed by atoms with Crippen molar-refractivity contribution in [3.05, 3.63) is 22.3 Å². The van der Waals surface area contributed by atoms with Gasteiger partial charge in [0.15, 0.2) is 0 Å². The fourth-order valence-corrected chi connectivity index (χ4v) is 1.58. The number of anilines is 1. The molecule has 6 heteroatoms. The Morgan fingerprint density at radius 3 is 2.67 bits per heavy atom. The van der Waals surface area contributed by atoms with E-state index in [0.717, 1.165) is 10.2 Å². The molecule has 0 radical (unpaired) electrons. The van der Waals surface area contributed by atoms with Gasteiger partial charge in [-0.05, 0) is 40.9 Å². The monoisotopic (exact) mass is 315 g/mol. The first kappa shape index (κ1) is 14.9. The molecule has 2 amide bonds. The van der Waals surface area contributed by atoms with Crippen molar-refractivity contribution in [2.45, 2.75) is 26.8 Å². The maximum Gasteiger partial charge on any atom is 0.320 e. The number of carbonyl (C=O) groups is 1. The van der Waals surface area contributed by atoms with E-state index in [2.05, 4.69) is 31.5 Å². The van der Waals surface area contributed by atoms with Crippen molar-refractivity contribution in [2.24, 2.45) is 5.92 Å².